The second-order valence-corrected chi connectivity index (χ2v) is 4.44. The normalized spacial score (nSPS) is 13.0. The molecule has 1 unspecified atom stereocenters. The van der Waals surface area contributed by atoms with Crippen LogP contribution in [0.25, 0.3) is 0 Å². The average molecular weight is 221 g/mol. The smallest absolute Gasteiger partial charge is 0.0666 e. The molecule has 0 aliphatic heterocycles. The van der Waals surface area contributed by atoms with Crippen LogP contribution in [0.15, 0.2) is 30.3 Å². The first-order chi connectivity index (χ1) is 7.72. The van der Waals surface area contributed by atoms with E-state index in [2.05, 4.69) is 43.1 Å². The third kappa shape index (κ3) is 5.29. The zero-order chi connectivity index (χ0) is 11.8. The lowest BCUT2D eigenvalue weighted by Crippen LogP contribution is -2.30. The molecule has 2 nitrogen and oxygen atoms in total. The molecule has 0 spiro atoms. The molecular formula is C14H23NO. The predicted octanol–water partition coefficient (Wildman–Crippen LogP) is 2.32. The number of benzene rings is 1. The van der Waals surface area contributed by atoms with Crippen LogP contribution in [0.5, 0.6) is 0 Å². The van der Waals surface area contributed by atoms with Gasteiger partial charge in [0.05, 0.1) is 6.10 Å². The van der Waals surface area contributed by atoms with Crippen molar-refractivity contribution in [2.75, 3.05) is 20.1 Å². The fourth-order valence-corrected chi connectivity index (χ4v) is 1.84. The van der Waals surface area contributed by atoms with Crippen molar-refractivity contribution in [3.05, 3.63) is 35.9 Å². The minimum absolute atomic E-state index is 0.175. The number of rotatable bonds is 7. The second kappa shape index (κ2) is 7.42. The third-order valence-electron chi connectivity index (χ3n) is 2.77. The Morgan fingerprint density at radius 2 is 1.94 bits per heavy atom. The lowest BCUT2D eigenvalue weighted by Gasteiger charge is -2.20. The molecule has 0 saturated carbocycles. The van der Waals surface area contributed by atoms with Crippen molar-refractivity contribution >= 4 is 0 Å². The van der Waals surface area contributed by atoms with E-state index in [-0.39, 0.29) is 6.10 Å². The van der Waals surface area contributed by atoms with Gasteiger partial charge in [-0.15, -0.1) is 0 Å². The summed E-state index contributed by atoms with van der Waals surface area (Å²) in [7, 11) is 2.07. The molecule has 0 heterocycles. The SMILES string of the molecule is CCCC(O)CN(C)CCc1ccccc1. The molecule has 0 aliphatic rings. The zero-order valence-corrected chi connectivity index (χ0v) is 10.4. The maximum absolute atomic E-state index is 9.68. The summed E-state index contributed by atoms with van der Waals surface area (Å²) in [5, 5.41) is 9.68. The van der Waals surface area contributed by atoms with Crippen LogP contribution in [0, 0.1) is 0 Å². The summed E-state index contributed by atoms with van der Waals surface area (Å²) in [4.78, 5) is 2.20. The number of aliphatic hydroxyl groups is 1. The number of hydrogen-bond acceptors (Lipinski definition) is 2. The van der Waals surface area contributed by atoms with Gasteiger partial charge in [0.1, 0.15) is 0 Å². The van der Waals surface area contributed by atoms with Gasteiger partial charge in [0.2, 0.25) is 0 Å². The van der Waals surface area contributed by atoms with E-state index in [0.717, 1.165) is 32.4 Å². The zero-order valence-electron chi connectivity index (χ0n) is 10.4. The Morgan fingerprint density at radius 1 is 1.25 bits per heavy atom. The molecule has 0 aromatic heterocycles. The number of hydrogen-bond donors (Lipinski definition) is 1. The van der Waals surface area contributed by atoms with Crippen LogP contribution in [0.4, 0.5) is 0 Å². The molecular weight excluding hydrogens is 198 g/mol. The molecule has 0 amide bonds. The quantitative estimate of drug-likeness (QED) is 0.764. The van der Waals surface area contributed by atoms with E-state index in [0.29, 0.717) is 0 Å². The van der Waals surface area contributed by atoms with Gasteiger partial charge < -0.3 is 10.0 Å². The molecule has 2 heteroatoms. The van der Waals surface area contributed by atoms with Crippen molar-refractivity contribution in [3.8, 4) is 0 Å². The van der Waals surface area contributed by atoms with E-state index in [4.69, 9.17) is 0 Å². The van der Waals surface area contributed by atoms with Gasteiger partial charge in [-0.3, -0.25) is 0 Å². The Kier molecular flexibility index (Phi) is 6.12. The van der Waals surface area contributed by atoms with Crippen LogP contribution in [0.1, 0.15) is 25.3 Å². The van der Waals surface area contributed by atoms with E-state index < -0.39 is 0 Å². The van der Waals surface area contributed by atoms with Gasteiger partial charge >= 0.3 is 0 Å². The van der Waals surface area contributed by atoms with Gasteiger partial charge in [0.15, 0.2) is 0 Å². The van der Waals surface area contributed by atoms with Gasteiger partial charge in [0, 0.05) is 13.1 Å². The second-order valence-electron chi connectivity index (χ2n) is 4.44. The van der Waals surface area contributed by atoms with Gasteiger partial charge in [-0.05, 0) is 25.5 Å². The maximum atomic E-state index is 9.68. The summed E-state index contributed by atoms with van der Waals surface area (Å²) < 4.78 is 0. The average Bonchev–Trinajstić information content (AvgIpc) is 2.28. The Hall–Kier alpha value is -0.860. The Labute approximate surface area is 98.9 Å². The van der Waals surface area contributed by atoms with Crippen molar-refractivity contribution in [2.45, 2.75) is 32.3 Å². The number of nitrogens with zero attached hydrogens (tertiary/aromatic N) is 1. The Morgan fingerprint density at radius 3 is 2.56 bits per heavy atom. The first-order valence-electron chi connectivity index (χ1n) is 6.13. The van der Waals surface area contributed by atoms with Gasteiger partial charge in [-0.2, -0.15) is 0 Å². The Balaban J connectivity index is 2.22. The molecule has 1 aromatic rings. The van der Waals surface area contributed by atoms with Crippen molar-refractivity contribution in [2.24, 2.45) is 0 Å². The minimum Gasteiger partial charge on any atom is -0.392 e. The molecule has 0 fully saturated rings. The molecule has 0 aliphatic carbocycles. The largest absolute Gasteiger partial charge is 0.392 e. The monoisotopic (exact) mass is 221 g/mol. The van der Waals surface area contributed by atoms with Crippen molar-refractivity contribution in [1.82, 2.24) is 4.90 Å². The highest BCUT2D eigenvalue weighted by Gasteiger charge is 2.06. The van der Waals surface area contributed by atoms with Crippen LogP contribution in [0.3, 0.4) is 0 Å². The van der Waals surface area contributed by atoms with Crippen LogP contribution in [-0.4, -0.2) is 36.2 Å². The molecule has 16 heavy (non-hydrogen) atoms. The number of aliphatic hydroxyl groups excluding tert-OH is 1. The summed E-state index contributed by atoms with van der Waals surface area (Å²) in [6.45, 7) is 3.89. The topological polar surface area (TPSA) is 23.5 Å². The van der Waals surface area contributed by atoms with Crippen LogP contribution < -0.4 is 0 Å². The minimum atomic E-state index is -0.175. The van der Waals surface area contributed by atoms with E-state index in [1.54, 1.807) is 0 Å². The molecule has 0 bridgehead atoms. The maximum Gasteiger partial charge on any atom is 0.0666 e. The summed E-state index contributed by atoms with van der Waals surface area (Å²) in [5.74, 6) is 0. The highest BCUT2D eigenvalue weighted by molar-refractivity contribution is 5.14. The van der Waals surface area contributed by atoms with Gasteiger partial charge in [-0.25, -0.2) is 0 Å². The van der Waals surface area contributed by atoms with Crippen molar-refractivity contribution in [1.29, 1.82) is 0 Å². The summed E-state index contributed by atoms with van der Waals surface area (Å²) in [6.07, 6.45) is 2.82. The highest BCUT2D eigenvalue weighted by atomic mass is 16.3. The first kappa shape index (κ1) is 13.2. The third-order valence-corrected chi connectivity index (χ3v) is 2.77. The molecule has 1 rings (SSSR count). The van der Waals surface area contributed by atoms with E-state index >= 15 is 0 Å². The molecule has 1 N–H and O–H groups in total. The van der Waals surface area contributed by atoms with Crippen molar-refractivity contribution < 1.29 is 5.11 Å². The fourth-order valence-electron chi connectivity index (χ4n) is 1.84. The van der Waals surface area contributed by atoms with Crippen LogP contribution in [-0.2, 0) is 6.42 Å². The van der Waals surface area contributed by atoms with E-state index in [1.165, 1.54) is 5.56 Å². The number of likely N-dealkylation sites (N-methyl/N-ethyl adjacent to an activating group) is 1. The molecule has 90 valence electrons. The fraction of sp³-hybridized carbons (Fsp3) is 0.571. The van der Waals surface area contributed by atoms with Crippen LogP contribution >= 0.6 is 0 Å². The summed E-state index contributed by atoms with van der Waals surface area (Å²) >= 11 is 0. The molecule has 1 aromatic carbocycles. The molecule has 0 saturated heterocycles. The highest BCUT2D eigenvalue weighted by Crippen LogP contribution is 2.02. The molecule has 1 atom stereocenters. The lowest BCUT2D eigenvalue weighted by atomic mass is 10.1. The Bertz CT molecular complexity index is 273. The van der Waals surface area contributed by atoms with Gasteiger partial charge in [0.25, 0.3) is 0 Å². The predicted molar refractivity (Wildman–Crippen MR) is 68.6 cm³/mol. The van der Waals surface area contributed by atoms with E-state index in [1.807, 2.05) is 6.07 Å². The standard InChI is InChI=1S/C14H23NO/c1-3-7-14(16)12-15(2)11-10-13-8-5-4-6-9-13/h4-6,8-9,14,16H,3,7,10-12H2,1-2H3. The lowest BCUT2D eigenvalue weighted by molar-refractivity contribution is 0.117. The molecule has 0 radical (unpaired) electrons. The van der Waals surface area contributed by atoms with Crippen molar-refractivity contribution in [3.63, 3.8) is 0 Å². The first-order valence-corrected chi connectivity index (χ1v) is 6.13. The summed E-state index contributed by atoms with van der Waals surface area (Å²) in [6, 6.07) is 10.5. The summed E-state index contributed by atoms with van der Waals surface area (Å²) in [5.41, 5.74) is 1.36. The van der Waals surface area contributed by atoms with Crippen LogP contribution in [0.2, 0.25) is 0 Å². The van der Waals surface area contributed by atoms with Gasteiger partial charge in [-0.1, -0.05) is 43.7 Å². The van der Waals surface area contributed by atoms with E-state index in [9.17, 15) is 5.11 Å².